The van der Waals surface area contributed by atoms with Crippen LogP contribution < -0.4 is 5.32 Å². The number of aromatic carboxylic acids is 1. The second-order valence-electron chi connectivity index (χ2n) is 4.36. The van der Waals surface area contributed by atoms with Crippen LogP contribution in [0.15, 0.2) is 22.7 Å². The number of nitrogens with zero attached hydrogens (tertiary/aromatic N) is 2. The van der Waals surface area contributed by atoms with Gasteiger partial charge in [0.25, 0.3) is 5.91 Å². The van der Waals surface area contributed by atoms with Crippen molar-refractivity contribution in [3.8, 4) is 6.07 Å². The Labute approximate surface area is 119 Å². The number of hydrogen-bond acceptors (Lipinski definition) is 5. The van der Waals surface area contributed by atoms with E-state index in [1.807, 2.05) is 6.07 Å². The fourth-order valence-electron chi connectivity index (χ4n) is 1.85. The molecule has 1 aromatic carbocycles. The molecule has 0 saturated carbocycles. The van der Waals surface area contributed by atoms with Gasteiger partial charge < -0.3 is 14.9 Å². The standard InChI is InChI=1S/C14H11N3O4/c1-7-5-10(4-3-9(7)6-15)16-13(18)11-8(2)21-17-12(11)14(19)20/h3-5H,1-2H3,(H,16,18)(H,19,20). The average Bonchev–Trinajstić information content (AvgIpc) is 2.81. The van der Waals surface area contributed by atoms with Crippen LogP contribution in [0.2, 0.25) is 0 Å². The number of nitriles is 1. The number of benzene rings is 1. The second kappa shape index (κ2) is 5.46. The van der Waals surface area contributed by atoms with Crippen molar-refractivity contribution in [3.63, 3.8) is 0 Å². The highest BCUT2D eigenvalue weighted by molar-refractivity contribution is 6.10. The van der Waals surface area contributed by atoms with E-state index >= 15 is 0 Å². The second-order valence-corrected chi connectivity index (χ2v) is 4.36. The Bertz CT molecular complexity index is 771. The Hall–Kier alpha value is -3.14. The van der Waals surface area contributed by atoms with Crippen LogP contribution in [0, 0.1) is 25.2 Å². The minimum Gasteiger partial charge on any atom is -0.476 e. The predicted molar refractivity (Wildman–Crippen MR) is 72.0 cm³/mol. The lowest BCUT2D eigenvalue weighted by Crippen LogP contribution is -2.16. The number of aromatic nitrogens is 1. The summed E-state index contributed by atoms with van der Waals surface area (Å²) >= 11 is 0. The van der Waals surface area contributed by atoms with Gasteiger partial charge in [-0.2, -0.15) is 5.26 Å². The highest BCUT2D eigenvalue weighted by atomic mass is 16.5. The molecular weight excluding hydrogens is 274 g/mol. The molecule has 0 fully saturated rings. The molecule has 2 rings (SSSR count). The van der Waals surface area contributed by atoms with E-state index in [-0.39, 0.29) is 11.3 Å². The van der Waals surface area contributed by atoms with Gasteiger partial charge in [-0.25, -0.2) is 4.79 Å². The molecule has 0 atom stereocenters. The molecule has 7 heteroatoms. The molecule has 0 spiro atoms. The van der Waals surface area contributed by atoms with Crippen LogP contribution in [0.3, 0.4) is 0 Å². The molecular formula is C14H11N3O4. The first-order valence-corrected chi connectivity index (χ1v) is 5.95. The fourth-order valence-corrected chi connectivity index (χ4v) is 1.85. The first-order valence-electron chi connectivity index (χ1n) is 5.95. The van der Waals surface area contributed by atoms with Gasteiger partial charge >= 0.3 is 5.97 Å². The quantitative estimate of drug-likeness (QED) is 0.892. The van der Waals surface area contributed by atoms with Crippen LogP contribution in [0.5, 0.6) is 0 Å². The smallest absolute Gasteiger partial charge is 0.358 e. The number of carboxylic acid groups (broad SMARTS) is 1. The number of carbonyl (C=O) groups excluding carboxylic acids is 1. The number of carboxylic acids is 1. The minimum absolute atomic E-state index is 0.121. The summed E-state index contributed by atoms with van der Waals surface area (Å²) in [5, 5.41) is 23.7. The van der Waals surface area contributed by atoms with E-state index in [4.69, 9.17) is 14.9 Å². The zero-order valence-electron chi connectivity index (χ0n) is 11.3. The lowest BCUT2D eigenvalue weighted by molar-refractivity contribution is 0.0682. The molecule has 21 heavy (non-hydrogen) atoms. The first-order chi connectivity index (χ1) is 9.93. The van der Waals surface area contributed by atoms with Crippen LogP contribution in [-0.4, -0.2) is 22.1 Å². The van der Waals surface area contributed by atoms with Gasteiger partial charge in [0.15, 0.2) is 0 Å². The molecule has 1 aromatic heterocycles. The third-order valence-electron chi connectivity index (χ3n) is 2.90. The van der Waals surface area contributed by atoms with Gasteiger partial charge in [-0.3, -0.25) is 4.79 Å². The topological polar surface area (TPSA) is 116 Å². The van der Waals surface area contributed by atoms with Gasteiger partial charge in [-0.05, 0) is 37.6 Å². The number of nitrogens with one attached hydrogen (secondary N) is 1. The van der Waals surface area contributed by atoms with Crippen molar-refractivity contribution in [2.24, 2.45) is 0 Å². The number of anilines is 1. The molecule has 106 valence electrons. The summed E-state index contributed by atoms with van der Waals surface area (Å²) in [6.45, 7) is 3.19. The Kier molecular flexibility index (Phi) is 3.71. The predicted octanol–water partition coefficient (Wildman–Crippen LogP) is 2.11. The molecule has 7 nitrogen and oxygen atoms in total. The molecule has 1 amide bonds. The van der Waals surface area contributed by atoms with E-state index in [0.717, 1.165) is 0 Å². The average molecular weight is 285 g/mol. The van der Waals surface area contributed by atoms with Crippen LogP contribution in [0.1, 0.15) is 37.7 Å². The van der Waals surface area contributed by atoms with Gasteiger partial charge in [0.05, 0.1) is 11.6 Å². The highest BCUT2D eigenvalue weighted by Gasteiger charge is 2.25. The third kappa shape index (κ3) is 2.74. The molecule has 1 heterocycles. The SMILES string of the molecule is Cc1cc(NC(=O)c2c(C(=O)O)noc2C)ccc1C#N. The molecule has 0 unspecified atom stereocenters. The highest BCUT2D eigenvalue weighted by Crippen LogP contribution is 2.18. The molecule has 0 radical (unpaired) electrons. The number of amides is 1. The lowest BCUT2D eigenvalue weighted by atomic mass is 10.1. The van der Waals surface area contributed by atoms with Crippen molar-refractivity contribution in [1.29, 1.82) is 5.26 Å². The number of hydrogen-bond donors (Lipinski definition) is 2. The summed E-state index contributed by atoms with van der Waals surface area (Å²) in [5.74, 6) is -1.85. The number of rotatable bonds is 3. The third-order valence-corrected chi connectivity index (χ3v) is 2.90. The monoisotopic (exact) mass is 285 g/mol. The van der Waals surface area contributed by atoms with E-state index in [9.17, 15) is 9.59 Å². The maximum Gasteiger partial charge on any atom is 0.358 e. The van der Waals surface area contributed by atoms with Crippen LogP contribution in [-0.2, 0) is 0 Å². The van der Waals surface area contributed by atoms with Crippen LogP contribution >= 0.6 is 0 Å². The van der Waals surface area contributed by atoms with E-state index in [1.54, 1.807) is 25.1 Å². The van der Waals surface area contributed by atoms with E-state index in [0.29, 0.717) is 16.8 Å². The molecule has 0 aliphatic carbocycles. The Balaban J connectivity index is 2.31. The van der Waals surface area contributed by atoms with Gasteiger partial charge in [-0.1, -0.05) is 5.16 Å². The summed E-state index contributed by atoms with van der Waals surface area (Å²) in [7, 11) is 0. The molecule has 0 aliphatic heterocycles. The summed E-state index contributed by atoms with van der Waals surface area (Å²) in [4.78, 5) is 23.1. The number of aryl methyl sites for hydroxylation is 2. The van der Waals surface area contributed by atoms with Crippen molar-refractivity contribution < 1.29 is 19.2 Å². The van der Waals surface area contributed by atoms with Crippen LogP contribution in [0.25, 0.3) is 0 Å². The van der Waals surface area contributed by atoms with Crippen LogP contribution in [0.4, 0.5) is 5.69 Å². The Morgan fingerprint density at radius 1 is 1.38 bits per heavy atom. The summed E-state index contributed by atoms with van der Waals surface area (Å²) in [5.41, 5.74) is 1.10. The summed E-state index contributed by atoms with van der Waals surface area (Å²) in [6, 6.07) is 6.78. The van der Waals surface area contributed by atoms with Crippen molar-refractivity contribution in [3.05, 3.63) is 46.3 Å². The lowest BCUT2D eigenvalue weighted by Gasteiger charge is -2.06. The number of carbonyl (C=O) groups is 2. The molecule has 2 N–H and O–H groups in total. The van der Waals surface area contributed by atoms with E-state index in [2.05, 4.69) is 10.5 Å². The van der Waals surface area contributed by atoms with E-state index < -0.39 is 17.6 Å². The van der Waals surface area contributed by atoms with Gasteiger partial charge in [0, 0.05) is 5.69 Å². The van der Waals surface area contributed by atoms with Crippen molar-refractivity contribution >= 4 is 17.6 Å². The van der Waals surface area contributed by atoms with Gasteiger partial charge in [-0.15, -0.1) is 0 Å². The van der Waals surface area contributed by atoms with Crippen molar-refractivity contribution in [2.45, 2.75) is 13.8 Å². The Morgan fingerprint density at radius 3 is 2.67 bits per heavy atom. The Morgan fingerprint density at radius 2 is 2.10 bits per heavy atom. The minimum atomic E-state index is -1.34. The normalized spacial score (nSPS) is 9.95. The molecule has 2 aromatic rings. The maximum atomic E-state index is 12.1. The largest absolute Gasteiger partial charge is 0.476 e. The van der Waals surface area contributed by atoms with Crippen molar-refractivity contribution in [1.82, 2.24) is 5.16 Å². The van der Waals surface area contributed by atoms with E-state index in [1.165, 1.54) is 6.92 Å². The molecule has 0 aliphatic rings. The maximum absolute atomic E-state index is 12.1. The van der Waals surface area contributed by atoms with Crippen molar-refractivity contribution in [2.75, 3.05) is 5.32 Å². The molecule has 0 saturated heterocycles. The summed E-state index contributed by atoms with van der Waals surface area (Å²) in [6.07, 6.45) is 0. The summed E-state index contributed by atoms with van der Waals surface area (Å²) < 4.78 is 4.74. The zero-order valence-corrected chi connectivity index (χ0v) is 11.3. The first kappa shape index (κ1) is 14.3. The molecule has 0 bridgehead atoms. The fraction of sp³-hybridized carbons (Fsp3) is 0.143. The van der Waals surface area contributed by atoms with Gasteiger partial charge in [0.2, 0.25) is 5.69 Å². The zero-order chi connectivity index (χ0) is 15.6. The van der Waals surface area contributed by atoms with Gasteiger partial charge in [0.1, 0.15) is 11.3 Å².